The van der Waals surface area contributed by atoms with E-state index in [2.05, 4.69) is 28.0 Å². The molecule has 1 aliphatic rings. The van der Waals surface area contributed by atoms with Crippen LogP contribution in [0.4, 0.5) is 0 Å². The highest BCUT2D eigenvalue weighted by atomic mass is 79.9. The van der Waals surface area contributed by atoms with Crippen molar-refractivity contribution in [2.75, 3.05) is 0 Å². The molecule has 3 nitrogen and oxygen atoms in total. The third kappa shape index (κ3) is 2.91. The summed E-state index contributed by atoms with van der Waals surface area (Å²) in [6.07, 6.45) is 7.21. The number of aromatic nitrogens is 2. The average molecular weight is 300 g/mol. The van der Waals surface area contributed by atoms with Crippen molar-refractivity contribution in [2.45, 2.75) is 51.5 Å². The predicted octanol–water partition coefficient (Wildman–Crippen LogP) is 2.81. The highest BCUT2D eigenvalue weighted by molar-refractivity contribution is 9.10. The molecule has 0 spiro atoms. The first-order valence-electron chi connectivity index (χ1n) is 6.57. The molecule has 0 radical (unpaired) electrons. The fraction of sp³-hybridized carbons (Fsp3) is 0.769. The van der Waals surface area contributed by atoms with Crippen molar-refractivity contribution >= 4 is 15.9 Å². The molecule has 4 heteroatoms. The van der Waals surface area contributed by atoms with E-state index < -0.39 is 0 Å². The van der Waals surface area contributed by atoms with Gasteiger partial charge in [-0.2, -0.15) is 5.10 Å². The molecule has 2 N–H and O–H groups in total. The van der Waals surface area contributed by atoms with Gasteiger partial charge in [0.05, 0.1) is 15.9 Å². The van der Waals surface area contributed by atoms with Gasteiger partial charge in [-0.1, -0.05) is 26.2 Å². The summed E-state index contributed by atoms with van der Waals surface area (Å²) in [6, 6.07) is 0.275. The van der Waals surface area contributed by atoms with E-state index in [9.17, 15) is 0 Å². The zero-order valence-corrected chi connectivity index (χ0v) is 12.3. The number of hydrogen-bond donors (Lipinski definition) is 1. The largest absolute Gasteiger partial charge is 0.327 e. The third-order valence-electron chi connectivity index (χ3n) is 3.82. The van der Waals surface area contributed by atoms with Gasteiger partial charge >= 0.3 is 0 Å². The zero-order chi connectivity index (χ0) is 12.4. The number of halogens is 1. The number of nitrogens with zero attached hydrogens (tertiary/aromatic N) is 2. The second-order valence-electron chi connectivity index (χ2n) is 5.18. The van der Waals surface area contributed by atoms with Crippen molar-refractivity contribution in [3.8, 4) is 0 Å². The molecule has 1 aromatic rings. The molecule has 1 fully saturated rings. The Kier molecular flexibility index (Phi) is 4.26. The maximum Gasteiger partial charge on any atom is 0.0766 e. The van der Waals surface area contributed by atoms with Crippen LogP contribution in [0.5, 0.6) is 0 Å². The summed E-state index contributed by atoms with van der Waals surface area (Å²) in [5.41, 5.74) is 8.62. The van der Waals surface area contributed by atoms with Crippen molar-refractivity contribution in [3.05, 3.63) is 15.9 Å². The van der Waals surface area contributed by atoms with Gasteiger partial charge in [0.25, 0.3) is 0 Å². The number of aryl methyl sites for hydroxylation is 2. The Morgan fingerprint density at radius 3 is 2.71 bits per heavy atom. The van der Waals surface area contributed by atoms with Gasteiger partial charge in [-0.15, -0.1) is 0 Å². The molecule has 1 unspecified atom stereocenters. The van der Waals surface area contributed by atoms with E-state index in [0.29, 0.717) is 0 Å². The fourth-order valence-corrected chi connectivity index (χ4v) is 3.31. The normalized spacial score (nSPS) is 18.1. The number of hydrogen-bond acceptors (Lipinski definition) is 2. The Balaban J connectivity index is 1.99. The summed E-state index contributed by atoms with van der Waals surface area (Å²) in [7, 11) is 2.01. The second-order valence-corrected chi connectivity index (χ2v) is 5.97. The minimum Gasteiger partial charge on any atom is -0.327 e. The van der Waals surface area contributed by atoms with Gasteiger partial charge in [-0.05, 0) is 34.7 Å². The summed E-state index contributed by atoms with van der Waals surface area (Å²) in [4.78, 5) is 0. The first-order valence-corrected chi connectivity index (χ1v) is 7.37. The van der Waals surface area contributed by atoms with Gasteiger partial charge in [-0.25, -0.2) is 0 Å². The average Bonchev–Trinajstić information content (AvgIpc) is 2.51. The smallest absolute Gasteiger partial charge is 0.0766 e. The van der Waals surface area contributed by atoms with Crippen molar-refractivity contribution in [2.24, 2.45) is 18.7 Å². The van der Waals surface area contributed by atoms with Crippen LogP contribution in [0.2, 0.25) is 0 Å². The molecule has 1 aliphatic carbocycles. The molecule has 1 heterocycles. The fourth-order valence-electron chi connectivity index (χ4n) is 2.53. The van der Waals surface area contributed by atoms with Gasteiger partial charge < -0.3 is 5.73 Å². The van der Waals surface area contributed by atoms with E-state index in [-0.39, 0.29) is 6.04 Å². The zero-order valence-electron chi connectivity index (χ0n) is 10.7. The summed E-state index contributed by atoms with van der Waals surface area (Å²) in [5, 5.41) is 4.51. The molecule has 2 rings (SSSR count). The van der Waals surface area contributed by atoms with Crippen LogP contribution in [0, 0.1) is 5.92 Å². The van der Waals surface area contributed by atoms with E-state index in [1.54, 1.807) is 0 Å². The van der Waals surface area contributed by atoms with E-state index in [0.717, 1.165) is 28.9 Å². The number of nitrogens with two attached hydrogens (primary N) is 1. The maximum atomic E-state index is 6.24. The Bertz CT molecular complexity index is 382. The van der Waals surface area contributed by atoms with Gasteiger partial charge in [0.1, 0.15) is 0 Å². The lowest BCUT2D eigenvalue weighted by molar-refractivity contribution is 0.274. The van der Waals surface area contributed by atoms with Crippen LogP contribution in [0.25, 0.3) is 0 Å². The Hall–Kier alpha value is -0.350. The van der Waals surface area contributed by atoms with Gasteiger partial charge in [0, 0.05) is 19.5 Å². The molecule has 1 aromatic heterocycles. The summed E-state index contributed by atoms with van der Waals surface area (Å²) < 4.78 is 3.13. The minimum atomic E-state index is 0.275. The topological polar surface area (TPSA) is 43.8 Å². The molecule has 0 aromatic carbocycles. The van der Waals surface area contributed by atoms with E-state index in [1.165, 1.54) is 31.4 Å². The lowest BCUT2D eigenvalue weighted by Crippen LogP contribution is -2.29. The Labute approximate surface area is 112 Å². The Morgan fingerprint density at radius 1 is 1.53 bits per heavy atom. The van der Waals surface area contributed by atoms with E-state index in [4.69, 9.17) is 5.73 Å². The van der Waals surface area contributed by atoms with Crippen molar-refractivity contribution in [3.63, 3.8) is 0 Å². The van der Waals surface area contributed by atoms with Crippen molar-refractivity contribution < 1.29 is 0 Å². The molecule has 0 amide bonds. The molecular formula is C13H22BrN3. The predicted molar refractivity (Wildman–Crippen MR) is 73.9 cm³/mol. The summed E-state index contributed by atoms with van der Waals surface area (Å²) in [6.45, 7) is 2.13. The molecular weight excluding hydrogens is 278 g/mol. The van der Waals surface area contributed by atoms with E-state index in [1.807, 2.05) is 11.7 Å². The molecule has 0 bridgehead atoms. The van der Waals surface area contributed by atoms with Crippen LogP contribution in [0.3, 0.4) is 0 Å². The van der Waals surface area contributed by atoms with Crippen LogP contribution in [0.1, 0.15) is 44.0 Å². The quantitative estimate of drug-likeness (QED) is 0.908. The van der Waals surface area contributed by atoms with Gasteiger partial charge in [0.2, 0.25) is 0 Å². The monoisotopic (exact) mass is 299 g/mol. The summed E-state index contributed by atoms with van der Waals surface area (Å²) >= 11 is 3.65. The summed E-state index contributed by atoms with van der Waals surface area (Å²) in [5.74, 6) is 0.877. The van der Waals surface area contributed by atoms with Crippen LogP contribution >= 0.6 is 15.9 Å². The van der Waals surface area contributed by atoms with Crippen LogP contribution in [-0.4, -0.2) is 15.8 Å². The van der Waals surface area contributed by atoms with Crippen molar-refractivity contribution in [1.29, 1.82) is 0 Å². The minimum absolute atomic E-state index is 0.275. The van der Waals surface area contributed by atoms with E-state index >= 15 is 0 Å². The number of rotatable bonds is 5. The Morgan fingerprint density at radius 2 is 2.24 bits per heavy atom. The highest BCUT2D eigenvalue weighted by Crippen LogP contribution is 2.31. The molecule has 0 saturated heterocycles. The standard InChI is InChI=1S/C13H22BrN3/c1-3-11-13(14)12(17(2)16-11)8-10(15)7-9-5-4-6-9/h9-10H,3-8,15H2,1-2H3. The first-order chi connectivity index (χ1) is 8.11. The molecule has 96 valence electrons. The van der Waals surface area contributed by atoms with Crippen LogP contribution < -0.4 is 5.73 Å². The molecule has 1 atom stereocenters. The maximum absolute atomic E-state index is 6.24. The van der Waals surface area contributed by atoms with Crippen LogP contribution in [-0.2, 0) is 19.9 Å². The molecule has 1 saturated carbocycles. The van der Waals surface area contributed by atoms with Crippen molar-refractivity contribution in [1.82, 2.24) is 9.78 Å². The lowest BCUT2D eigenvalue weighted by atomic mass is 9.80. The van der Waals surface area contributed by atoms with Gasteiger partial charge in [0.15, 0.2) is 0 Å². The first kappa shape index (κ1) is 13.1. The second kappa shape index (κ2) is 5.53. The highest BCUT2D eigenvalue weighted by Gasteiger charge is 2.22. The van der Waals surface area contributed by atoms with Crippen LogP contribution in [0.15, 0.2) is 4.47 Å². The van der Waals surface area contributed by atoms with Gasteiger partial charge in [-0.3, -0.25) is 4.68 Å². The SMILES string of the molecule is CCc1nn(C)c(CC(N)CC2CCC2)c1Br. The third-order valence-corrected chi connectivity index (χ3v) is 4.73. The molecule has 17 heavy (non-hydrogen) atoms. The molecule has 0 aliphatic heterocycles. The lowest BCUT2D eigenvalue weighted by Gasteiger charge is -2.28.